The summed E-state index contributed by atoms with van der Waals surface area (Å²) in [7, 11) is 0. The normalized spacial score (nSPS) is 28.1. The molecule has 20 heavy (non-hydrogen) atoms. The summed E-state index contributed by atoms with van der Waals surface area (Å²) in [5.74, 6) is -0.930. The van der Waals surface area contributed by atoms with E-state index in [0.717, 1.165) is 16.2 Å². The zero-order valence-corrected chi connectivity index (χ0v) is 11.5. The van der Waals surface area contributed by atoms with Crippen molar-refractivity contribution in [3.63, 3.8) is 0 Å². The Kier molecular flexibility index (Phi) is 2.45. The predicted octanol–water partition coefficient (Wildman–Crippen LogP) is 0.908. The van der Waals surface area contributed by atoms with Crippen molar-refractivity contribution in [3.8, 4) is 0 Å². The molecule has 2 amide bonds. The number of rotatable bonds is 1. The molecule has 2 aliphatic rings. The Labute approximate surface area is 120 Å². The lowest BCUT2D eigenvalue weighted by atomic mass is 9.87. The SMILES string of the molecule is O=C1NC(=O)[C@H]2Sc3[nH]c(=O)sc3[C@H](c3ccco3)[C@H]12. The lowest BCUT2D eigenvalue weighted by Gasteiger charge is -2.27. The van der Waals surface area contributed by atoms with Gasteiger partial charge in [-0.2, -0.15) is 0 Å². The zero-order chi connectivity index (χ0) is 13.9. The minimum Gasteiger partial charge on any atom is -0.469 e. The summed E-state index contributed by atoms with van der Waals surface area (Å²) < 4.78 is 5.42. The van der Waals surface area contributed by atoms with E-state index in [4.69, 9.17) is 4.42 Å². The molecule has 2 aromatic heterocycles. The summed E-state index contributed by atoms with van der Waals surface area (Å²) in [6.07, 6.45) is 1.52. The van der Waals surface area contributed by atoms with Crippen LogP contribution in [0.1, 0.15) is 16.6 Å². The minimum atomic E-state index is -0.530. The van der Waals surface area contributed by atoms with Crippen LogP contribution in [-0.2, 0) is 9.59 Å². The summed E-state index contributed by atoms with van der Waals surface area (Å²) in [5.41, 5.74) is 0. The number of furan rings is 1. The first-order valence-corrected chi connectivity index (χ1v) is 7.62. The number of aromatic amines is 1. The number of thioether (sulfide) groups is 1. The van der Waals surface area contributed by atoms with Gasteiger partial charge in [-0.05, 0) is 12.1 Å². The standard InChI is InChI=1S/C12H8N2O4S2/c15-9-6-5(4-2-1-3-18-4)8-11(14-12(17)20-8)19-7(6)10(16)13-9/h1-3,5-7H,(H,14,17)(H,13,15,16)/t5-,6+,7+/m1/s1. The largest absolute Gasteiger partial charge is 0.469 e. The Balaban J connectivity index is 1.94. The van der Waals surface area contributed by atoms with Crippen LogP contribution in [0.4, 0.5) is 0 Å². The number of H-pyrrole nitrogens is 1. The molecule has 4 heterocycles. The first kappa shape index (κ1) is 12.0. The van der Waals surface area contributed by atoms with Crippen molar-refractivity contribution < 1.29 is 14.0 Å². The summed E-state index contributed by atoms with van der Waals surface area (Å²) in [6, 6.07) is 3.50. The Morgan fingerprint density at radius 3 is 2.80 bits per heavy atom. The Morgan fingerprint density at radius 1 is 1.20 bits per heavy atom. The molecule has 0 bridgehead atoms. The van der Waals surface area contributed by atoms with E-state index in [1.54, 1.807) is 12.1 Å². The van der Waals surface area contributed by atoms with Crippen LogP contribution < -0.4 is 10.2 Å². The minimum absolute atomic E-state index is 0.188. The third kappa shape index (κ3) is 1.55. The van der Waals surface area contributed by atoms with Gasteiger partial charge in [0.15, 0.2) is 0 Å². The van der Waals surface area contributed by atoms with E-state index in [9.17, 15) is 14.4 Å². The summed E-state index contributed by atoms with van der Waals surface area (Å²) in [6.45, 7) is 0. The molecule has 0 saturated carbocycles. The first-order chi connectivity index (χ1) is 9.65. The maximum absolute atomic E-state index is 12.1. The van der Waals surface area contributed by atoms with Gasteiger partial charge in [-0.15, -0.1) is 0 Å². The van der Waals surface area contributed by atoms with Gasteiger partial charge in [-0.3, -0.25) is 19.7 Å². The molecule has 6 nitrogen and oxygen atoms in total. The second kappa shape index (κ2) is 4.10. The molecule has 102 valence electrons. The number of carbonyl (C=O) groups is 2. The van der Waals surface area contributed by atoms with Crippen LogP contribution >= 0.6 is 23.1 Å². The van der Waals surface area contributed by atoms with Crippen molar-refractivity contribution in [2.24, 2.45) is 5.92 Å². The Hall–Kier alpha value is -1.80. The number of imide groups is 1. The van der Waals surface area contributed by atoms with Gasteiger partial charge in [0.05, 0.1) is 28.0 Å². The zero-order valence-electron chi connectivity index (χ0n) is 9.91. The van der Waals surface area contributed by atoms with E-state index in [1.807, 2.05) is 0 Å². The summed E-state index contributed by atoms with van der Waals surface area (Å²) in [5, 5.41) is 2.50. The summed E-state index contributed by atoms with van der Waals surface area (Å²) in [4.78, 5) is 38.8. The lowest BCUT2D eigenvalue weighted by Crippen LogP contribution is -2.30. The number of carbonyl (C=O) groups excluding carboxylic acids is 2. The highest BCUT2D eigenvalue weighted by Crippen LogP contribution is 2.50. The number of thiazole rings is 1. The molecule has 2 aliphatic heterocycles. The number of nitrogens with one attached hydrogen (secondary N) is 2. The lowest BCUT2D eigenvalue weighted by molar-refractivity contribution is -0.125. The number of amides is 2. The Bertz CT molecular complexity index is 761. The fraction of sp³-hybridized carbons (Fsp3) is 0.250. The highest BCUT2D eigenvalue weighted by Gasteiger charge is 2.53. The molecule has 0 spiro atoms. The molecule has 0 radical (unpaired) electrons. The Morgan fingerprint density at radius 2 is 2.05 bits per heavy atom. The second-order valence-electron chi connectivity index (χ2n) is 4.62. The molecule has 0 aromatic carbocycles. The van der Waals surface area contributed by atoms with Crippen LogP contribution in [0.5, 0.6) is 0 Å². The highest BCUT2D eigenvalue weighted by atomic mass is 32.2. The van der Waals surface area contributed by atoms with Gasteiger partial charge in [0.2, 0.25) is 11.8 Å². The van der Waals surface area contributed by atoms with Crippen LogP contribution in [0, 0.1) is 5.92 Å². The molecule has 8 heteroatoms. The maximum atomic E-state index is 12.1. The van der Waals surface area contributed by atoms with Crippen LogP contribution in [-0.4, -0.2) is 22.0 Å². The molecular weight excluding hydrogens is 300 g/mol. The van der Waals surface area contributed by atoms with Crippen molar-refractivity contribution in [3.05, 3.63) is 38.7 Å². The fourth-order valence-corrected chi connectivity index (χ4v) is 5.17. The third-order valence-electron chi connectivity index (χ3n) is 3.51. The van der Waals surface area contributed by atoms with Gasteiger partial charge in [-0.25, -0.2) is 0 Å². The third-order valence-corrected chi connectivity index (χ3v) is 5.93. The molecule has 3 atom stereocenters. The number of fused-ring (bicyclic) bond motifs is 2. The van der Waals surface area contributed by atoms with Gasteiger partial charge in [0, 0.05) is 0 Å². The van der Waals surface area contributed by atoms with Crippen LogP contribution in [0.2, 0.25) is 0 Å². The fourth-order valence-electron chi connectivity index (χ4n) is 2.71. The van der Waals surface area contributed by atoms with E-state index in [-0.39, 0.29) is 22.6 Å². The molecule has 2 aromatic rings. The average Bonchev–Trinajstić information content (AvgIpc) is 3.08. The van der Waals surface area contributed by atoms with Gasteiger partial charge < -0.3 is 9.40 Å². The van der Waals surface area contributed by atoms with Crippen molar-refractivity contribution in [1.82, 2.24) is 10.3 Å². The number of aromatic nitrogens is 1. The van der Waals surface area contributed by atoms with Crippen LogP contribution in [0.15, 0.2) is 32.6 Å². The van der Waals surface area contributed by atoms with Crippen molar-refractivity contribution in [2.75, 3.05) is 0 Å². The molecule has 1 fully saturated rings. The first-order valence-electron chi connectivity index (χ1n) is 5.93. The molecule has 0 aliphatic carbocycles. The maximum Gasteiger partial charge on any atom is 0.305 e. The molecule has 0 unspecified atom stereocenters. The van der Waals surface area contributed by atoms with E-state index in [0.29, 0.717) is 10.8 Å². The monoisotopic (exact) mass is 308 g/mol. The summed E-state index contributed by atoms with van der Waals surface area (Å²) >= 11 is 2.31. The van der Waals surface area contributed by atoms with E-state index < -0.39 is 11.2 Å². The quantitative estimate of drug-likeness (QED) is 0.764. The van der Waals surface area contributed by atoms with Crippen molar-refractivity contribution in [1.29, 1.82) is 0 Å². The second-order valence-corrected chi connectivity index (χ2v) is 6.79. The molecule has 2 N–H and O–H groups in total. The average molecular weight is 308 g/mol. The van der Waals surface area contributed by atoms with Crippen LogP contribution in [0.25, 0.3) is 0 Å². The highest BCUT2D eigenvalue weighted by molar-refractivity contribution is 8.00. The topological polar surface area (TPSA) is 92.2 Å². The molecule has 4 rings (SSSR count). The van der Waals surface area contributed by atoms with Gasteiger partial charge in [-0.1, -0.05) is 23.1 Å². The smallest absolute Gasteiger partial charge is 0.305 e. The van der Waals surface area contributed by atoms with E-state index in [1.165, 1.54) is 18.0 Å². The predicted molar refractivity (Wildman–Crippen MR) is 71.8 cm³/mol. The van der Waals surface area contributed by atoms with Gasteiger partial charge >= 0.3 is 4.87 Å². The number of hydrogen-bond acceptors (Lipinski definition) is 6. The van der Waals surface area contributed by atoms with E-state index in [2.05, 4.69) is 10.3 Å². The van der Waals surface area contributed by atoms with Crippen LogP contribution in [0.3, 0.4) is 0 Å². The van der Waals surface area contributed by atoms with Crippen molar-refractivity contribution in [2.45, 2.75) is 16.2 Å². The van der Waals surface area contributed by atoms with Gasteiger partial charge in [0.25, 0.3) is 0 Å². The van der Waals surface area contributed by atoms with Crippen molar-refractivity contribution >= 4 is 34.9 Å². The van der Waals surface area contributed by atoms with Gasteiger partial charge in [0.1, 0.15) is 11.0 Å². The molecular formula is C12H8N2O4S2. The number of hydrogen-bond donors (Lipinski definition) is 2. The molecule has 1 saturated heterocycles. The van der Waals surface area contributed by atoms with E-state index >= 15 is 0 Å².